The number of aromatic nitrogens is 1. The standard InChI is InChI=1S/C26H39NO5/c1-16(2)9-10-21-25(5,32-21)24-23(29-6)20(11-12-26(24)15-30-26)31-22(28)14-18(17(3)4)19-8-7-13-27-19/h7-9,13,17-18,20-21,23-24,27H,10-12,14-15H2,1-6H3/t18-,20+,21+,23+,24+,25-,26-/m0/s1. The Morgan fingerprint density at radius 1 is 1.38 bits per heavy atom. The highest BCUT2D eigenvalue weighted by atomic mass is 16.6. The lowest BCUT2D eigenvalue weighted by atomic mass is 9.68. The topological polar surface area (TPSA) is 76.4 Å². The SMILES string of the molecule is CO[C@@H]1[C@H](OC(=O)C[C@H](c2ccc[nH]2)C(C)C)CC[C@]2(CO2)[C@H]1[C@@]1(C)O[C@@H]1CC=C(C)C. The second kappa shape index (κ2) is 8.96. The van der Waals surface area contributed by atoms with Crippen molar-refractivity contribution in [1.82, 2.24) is 4.98 Å². The molecule has 0 amide bonds. The average molecular weight is 446 g/mol. The fraction of sp³-hybridized carbons (Fsp3) is 0.731. The van der Waals surface area contributed by atoms with E-state index in [9.17, 15) is 4.79 Å². The van der Waals surface area contributed by atoms with E-state index >= 15 is 0 Å². The summed E-state index contributed by atoms with van der Waals surface area (Å²) in [5, 5.41) is 0. The smallest absolute Gasteiger partial charge is 0.306 e. The van der Waals surface area contributed by atoms with Gasteiger partial charge in [0.25, 0.3) is 0 Å². The summed E-state index contributed by atoms with van der Waals surface area (Å²) in [4.78, 5) is 16.3. The molecule has 0 bridgehead atoms. The molecule has 7 atom stereocenters. The predicted molar refractivity (Wildman–Crippen MR) is 122 cm³/mol. The van der Waals surface area contributed by atoms with Crippen LogP contribution in [0.25, 0.3) is 0 Å². The van der Waals surface area contributed by atoms with Gasteiger partial charge < -0.3 is 23.9 Å². The van der Waals surface area contributed by atoms with Crippen LogP contribution >= 0.6 is 0 Å². The highest BCUT2D eigenvalue weighted by Gasteiger charge is 2.72. The minimum Gasteiger partial charge on any atom is -0.460 e. The minimum atomic E-state index is -0.321. The molecule has 3 heterocycles. The number of carbonyl (C=O) groups excluding carboxylic acids is 1. The van der Waals surface area contributed by atoms with E-state index in [0.29, 0.717) is 12.3 Å². The minimum absolute atomic E-state index is 0.0476. The van der Waals surface area contributed by atoms with E-state index in [1.807, 2.05) is 18.3 Å². The number of hydrogen-bond donors (Lipinski definition) is 1. The molecule has 3 fully saturated rings. The maximum absolute atomic E-state index is 13.0. The Bertz CT molecular complexity index is 823. The molecular weight excluding hydrogens is 406 g/mol. The van der Waals surface area contributed by atoms with Crippen LogP contribution < -0.4 is 0 Å². The van der Waals surface area contributed by atoms with E-state index in [0.717, 1.165) is 31.6 Å². The summed E-state index contributed by atoms with van der Waals surface area (Å²) < 4.78 is 24.3. The van der Waals surface area contributed by atoms with Gasteiger partial charge in [0.15, 0.2) is 0 Å². The van der Waals surface area contributed by atoms with Crippen molar-refractivity contribution in [2.75, 3.05) is 13.7 Å². The third kappa shape index (κ3) is 4.55. The van der Waals surface area contributed by atoms with Gasteiger partial charge in [0, 0.05) is 24.9 Å². The number of aromatic amines is 1. The van der Waals surface area contributed by atoms with E-state index < -0.39 is 0 Å². The van der Waals surface area contributed by atoms with E-state index in [1.54, 1.807) is 7.11 Å². The molecule has 3 aliphatic rings. The van der Waals surface area contributed by atoms with Gasteiger partial charge >= 0.3 is 5.97 Å². The van der Waals surface area contributed by atoms with Crippen LogP contribution in [0, 0.1) is 11.8 Å². The average Bonchev–Trinajstić information content (AvgIpc) is 3.57. The summed E-state index contributed by atoms with van der Waals surface area (Å²) in [6.07, 6.45) is 6.62. The molecule has 0 aromatic carbocycles. The molecule has 2 saturated heterocycles. The molecule has 32 heavy (non-hydrogen) atoms. The molecule has 0 unspecified atom stereocenters. The van der Waals surface area contributed by atoms with E-state index in [-0.39, 0.29) is 47.3 Å². The summed E-state index contributed by atoms with van der Waals surface area (Å²) in [5.41, 5.74) is 1.84. The largest absolute Gasteiger partial charge is 0.460 e. The summed E-state index contributed by atoms with van der Waals surface area (Å²) in [6.45, 7) is 11.4. The molecule has 1 aromatic rings. The van der Waals surface area contributed by atoms with E-state index in [2.05, 4.69) is 45.7 Å². The zero-order valence-electron chi connectivity index (χ0n) is 20.4. The molecule has 6 nitrogen and oxygen atoms in total. The maximum Gasteiger partial charge on any atom is 0.306 e. The quantitative estimate of drug-likeness (QED) is 0.337. The Morgan fingerprint density at radius 2 is 2.12 bits per heavy atom. The van der Waals surface area contributed by atoms with Crippen LogP contribution in [0.3, 0.4) is 0 Å². The zero-order chi connectivity index (χ0) is 23.1. The highest BCUT2D eigenvalue weighted by Crippen LogP contribution is 2.59. The number of hydrogen-bond acceptors (Lipinski definition) is 5. The van der Waals surface area contributed by atoms with Crippen molar-refractivity contribution in [1.29, 1.82) is 0 Å². The maximum atomic E-state index is 13.0. The monoisotopic (exact) mass is 445 g/mol. The molecule has 1 spiro atoms. The Kier molecular flexibility index (Phi) is 6.59. The number of epoxide rings is 2. The molecular formula is C26H39NO5. The van der Waals surface area contributed by atoms with E-state index in [4.69, 9.17) is 18.9 Å². The van der Waals surface area contributed by atoms with Crippen LogP contribution in [0.15, 0.2) is 30.0 Å². The van der Waals surface area contributed by atoms with Crippen LogP contribution in [-0.2, 0) is 23.7 Å². The van der Waals surface area contributed by atoms with Crippen molar-refractivity contribution in [2.45, 2.75) is 95.7 Å². The number of H-pyrrole nitrogens is 1. The number of esters is 1. The first-order valence-corrected chi connectivity index (χ1v) is 12.0. The zero-order valence-corrected chi connectivity index (χ0v) is 20.4. The molecule has 1 N–H and O–H groups in total. The Balaban J connectivity index is 1.46. The van der Waals surface area contributed by atoms with Crippen molar-refractivity contribution in [2.24, 2.45) is 11.8 Å². The fourth-order valence-electron chi connectivity index (χ4n) is 5.75. The Morgan fingerprint density at radius 3 is 2.69 bits per heavy atom. The number of carbonyl (C=O) groups is 1. The van der Waals surface area contributed by atoms with Crippen molar-refractivity contribution < 1.29 is 23.7 Å². The second-order valence-electron chi connectivity index (χ2n) is 10.6. The van der Waals surface area contributed by atoms with Gasteiger partial charge in [-0.1, -0.05) is 25.5 Å². The molecule has 1 saturated carbocycles. The summed E-state index contributed by atoms with van der Waals surface area (Å²) in [5.74, 6) is 0.316. The van der Waals surface area contributed by atoms with Gasteiger partial charge in [0.1, 0.15) is 23.4 Å². The molecule has 1 aromatic heterocycles. The number of methoxy groups -OCH3 is 1. The Labute approximate surface area is 192 Å². The van der Waals surface area contributed by atoms with Crippen LogP contribution in [0.2, 0.25) is 0 Å². The number of rotatable bonds is 9. The van der Waals surface area contributed by atoms with Crippen LogP contribution in [0.5, 0.6) is 0 Å². The highest BCUT2D eigenvalue weighted by molar-refractivity contribution is 5.70. The molecule has 4 rings (SSSR count). The third-order valence-corrected chi connectivity index (χ3v) is 7.73. The van der Waals surface area contributed by atoms with Gasteiger partial charge in [-0.3, -0.25) is 4.79 Å². The number of nitrogens with one attached hydrogen (secondary N) is 1. The normalized spacial score (nSPS) is 36.7. The first-order valence-electron chi connectivity index (χ1n) is 12.0. The fourth-order valence-corrected chi connectivity index (χ4v) is 5.75. The van der Waals surface area contributed by atoms with Gasteiger partial charge in [-0.05, 0) is 58.1 Å². The number of ether oxygens (including phenoxy) is 4. The van der Waals surface area contributed by atoms with Crippen LogP contribution in [0.1, 0.15) is 71.9 Å². The first kappa shape index (κ1) is 23.5. The molecule has 6 heteroatoms. The lowest BCUT2D eigenvalue weighted by molar-refractivity contribution is -0.172. The second-order valence-corrected chi connectivity index (χ2v) is 10.6. The number of allylic oxidation sites excluding steroid dienone is 1. The lowest BCUT2D eigenvalue weighted by Crippen LogP contribution is -2.55. The van der Waals surface area contributed by atoms with Gasteiger partial charge in [-0.25, -0.2) is 0 Å². The van der Waals surface area contributed by atoms with Gasteiger partial charge in [-0.15, -0.1) is 0 Å². The molecule has 2 aliphatic heterocycles. The summed E-state index contributed by atoms with van der Waals surface area (Å²) in [6, 6.07) is 4.01. The molecule has 178 valence electrons. The predicted octanol–water partition coefficient (Wildman–Crippen LogP) is 4.76. The first-order chi connectivity index (χ1) is 15.2. The van der Waals surface area contributed by atoms with Crippen molar-refractivity contribution in [3.8, 4) is 0 Å². The van der Waals surface area contributed by atoms with Gasteiger partial charge in [-0.2, -0.15) is 0 Å². The van der Waals surface area contributed by atoms with Crippen molar-refractivity contribution >= 4 is 5.97 Å². The molecule has 0 radical (unpaired) electrons. The molecule has 1 aliphatic carbocycles. The third-order valence-electron chi connectivity index (χ3n) is 7.73. The van der Waals surface area contributed by atoms with Crippen molar-refractivity contribution in [3.63, 3.8) is 0 Å². The summed E-state index contributed by atoms with van der Waals surface area (Å²) in [7, 11) is 1.71. The van der Waals surface area contributed by atoms with Crippen LogP contribution in [-0.4, -0.2) is 54.2 Å². The van der Waals surface area contributed by atoms with Crippen LogP contribution in [0.4, 0.5) is 0 Å². The van der Waals surface area contributed by atoms with Gasteiger partial charge in [0.2, 0.25) is 0 Å². The van der Waals surface area contributed by atoms with E-state index in [1.165, 1.54) is 5.57 Å². The van der Waals surface area contributed by atoms with Crippen molar-refractivity contribution in [3.05, 3.63) is 35.7 Å². The van der Waals surface area contributed by atoms with Gasteiger partial charge in [0.05, 0.1) is 25.0 Å². The Hall–Kier alpha value is -1.63. The lowest BCUT2D eigenvalue weighted by Gasteiger charge is -2.42. The summed E-state index contributed by atoms with van der Waals surface area (Å²) >= 11 is 0.